The van der Waals surface area contributed by atoms with Crippen LogP contribution in [0.4, 0.5) is 0 Å². The molecule has 0 spiro atoms. The zero-order valence-electron chi connectivity index (χ0n) is 11.5. The molecule has 21 heavy (non-hydrogen) atoms. The molecule has 0 atom stereocenters. The fourth-order valence-electron chi connectivity index (χ4n) is 2.20. The second-order valence-electron chi connectivity index (χ2n) is 4.68. The van der Waals surface area contributed by atoms with Crippen LogP contribution in [0.3, 0.4) is 0 Å². The molecule has 0 fully saturated rings. The van der Waals surface area contributed by atoms with Crippen molar-refractivity contribution in [3.05, 3.63) is 95.6 Å². The van der Waals surface area contributed by atoms with Gasteiger partial charge >= 0.3 is 0 Å². The standard InChI is InChI=1S/C19H15NO/c20-12-11-15-13-18(16-7-3-1-4-8-16)21-19(14-15)17-9-5-2-6-10-17/h1-14,20H. The number of nitrogens with one attached hydrogen (secondary N) is 1. The summed E-state index contributed by atoms with van der Waals surface area (Å²) in [7, 11) is 0. The molecule has 0 aromatic heterocycles. The average molecular weight is 273 g/mol. The first kappa shape index (κ1) is 13.1. The van der Waals surface area contributed by atoms with Crippen molar-refractivity contribution in [1.82, 2.24) is 0 Å². The third-order valence-electron chi connectivity index (χ3n) is 3.21. The molecule has 2 aromatic rings. The van der Waals surface area contributed by atoms with Gasteiger partial charge in [-0.2, -0.15) is 0 Å². The number of hydrogen-bond donors (Lipinski definition) is 1. The summed E-state index contributed by atoms with van der Waals surface area (Å²) in [6, 6.07) is 20.0. The molecule has 0 unspecified atom stereocenters. The normalized spacial score (nSPS) is 13.8. The van der Waals surface area contributed by atoms with Gasteiger partial charge in [-0.05, 0) is 23.8 Å². The largest absolute Gasteiger partial charge is 0.456 e. The van der Waals surface area contributed by atoms with Crippen LogP contribution in [0.1, 0.15) is 11.1 Å². The minimum atomic E-state index is 0.796. The Morgan fingerprint density at radius 1 is 0.714 bits per heavy atom. The van der Waals surface area contributed by atoms with Gasteiger partial charge in [-0.3, -0.25) is 0 Å². The van der Waals surface area contributed by atoms with E-state index in [1.165, 1.54) is 6.21 Å². The maximum atomic E-state index is 7.28. The molecule has 0 saturated heterocycles. The van der Waals surface area contributed by atoms with Gasteiger partial charge in [0.15, 0.2) is 0 Å². The summed E-state index contributed by atoms with van der Waals surface area (Å²) in [5.41, 5.74) is 3.00. The molecule has 1 heterocycles. The van der Waals surface area contributed by atoms with E-state index in [1.54, 1.807) is 6.08 Å². The molecular weight excluding hydrogens is 258 g/mol. The van der Waals surface area contributed by atoms with Crippen LogP contribution < -0.4 is 0 Å². The summed E-state index contributed by atoms with van der Waals surface area (Å²) in [6.45, 7) is 0. The Bertz CT molecular complexity index is 667. The number of hydrogen-bond acceptors (Lipinski definition) is 2. The Morgan fingerprint density at radius 2 is 1.19 bits per heavy atom. The van der Waals surface area contributed by atoms with E-state index in [2.05, 4.69) is 0 Å². The van der Waals surface area contributed by atoms with Crippen LogP contribution in [-0.2, 0) is 4.74 Å². The average Bonchev–Trinajstić information content (AvgIpc) is 2.56. The zero-order valence-corrected chi connectivity index (χ0v) is 11.5. The van der Waals surface area contributed by atoms with E-state index < -0.39 is 0 Å². The number of rotatable bonds is 3. The lowest BCUT2D eigenvalue weighted by atomic mass is 10.0. The minimum Gasteiger partial charge on any atom is -0.456 e. The molecule has 0 aliphatic carbocycles. The van der Waals surface area contributed by atoms with Crippen molar-refractivity contribution < 1.29 is 4.74 Å². The highest BCUT2D eigenvalue weighted by Gasteiger charge is 2.14. The predicted octanol–water partition coefficient (Wildman–Crippen LogP) is 4.67. The summed E-state index contributed by atoms with van der Waals surface area (Å²) in [5, 5.41) is 7.28. The van der Waals surface area contributed by atoms with Crippen molar-refractivity contribution >= 4 is 17.7 Å². The van der Waals surface area contributed by atoms with Crippen LogP contribution in [0.25, 0.3) is 11.5 Å². The van der Waals surface area contributed by atoms with E-state index in [-0.39, 0.29) is 0 Å². The first-order valence-electron chi connectivity index (χ1n) is 6.79. The fourth-order valence-corrected chi connectivity index (χ4v) is 2.20. The maximum Gasteiger partial charge on any atom is 0.135 e. The van der Waals surface area contributed by atoms with Gasteiger partial charge in [-0.1, -0.05) is 60.7 Å². The summed E-state index contributed by atoms with van der Waals surface area (Å²) in [4.78, 5) is 0. The second kappa shape index (κ2) is 6.06. The van der Waals surface area contributed by atoms with Gasteiger partial charge in [0, 0.05) is 17.3 Å². The fraction of sp³-hybridized carbons (Fsp3) is 0. The Morgan fingerprint density at radius 3 is 1.62 bits per heavy atom. The number of benzene rings is 2. The highest BCUT2D eigenvalue weighted by Crippen LogP contribution is 2.31. The lowest BCUT2D eigenvalue weighted by molar-refractivity contribution is 0.467. The van der Waals surface area contributed by atoms with Crippen LogP contribution in [0, 0.1) is 5.41 Å². The monoisotopic (exact) mass is 273 g/mol. The second-order valence-corrected chi connectivity index (χ2v) is 4.68. The topological polar surface area (TPSA) is 33.1 Å². The molecule has 0 radical (unpaired) electrons. The Kier molecular flexibility index (Phi) is 3.79. The van der Waals surface area contributed by atoms with E-state index in [9.17, 15) is 0 Å². The molecule has 1 aliphatic rings. The summed E-state index contributed by atoms with van der Waals surface area (Å²) >= 11 is 0. The quantitative estimate of drug-likeness (QED) is 0.810. The van der Waals surface area contributed by atoms with E-state index in [0.29, 0.717) is 0 Å². The smallest absolute Gasteiger partial charge is 0.135 e. The molecule has 102 valence electrons. The molecule has 2 heteroatoms. The van der Waals surface area contributed by atoms with Gasteiger partial charge in [0.1, 0.15) is 11.5 Å². The van der Waals surface area contributed by atoms with E-state index >= 15 is 0 Å². The van der Waals surface area contributed by atoms with Gasteiger partial charge in [0.2, 0.25) is 0 Å². The summed E-state index contributed by atoms with van der Waals surface area (Å²) < 4.78 is 6.04. The van der Waals surface area contributed by atoms with Gasteiger partial charge in [0.25, 0.3) is 0 Å². The summed E-state index contributed by atoms with van der Waals surface area (Å²) in [6.07, 6.45) is 6.95. The lowest BCUT2D eigenvalue weighted by Crippen LogP contribution is -1.99. The van der Waals surface area contributed by atoms with E-state index in [4.69, 9.17) is 10.1 Å². The Labute approximate surface area is 124 Å². The Hall–Kier alpha value is -2.87. The Balaban J connectivity index is 2.01. The highest BCUT2D eigenvalue weighted by molar-refractivity contribution is 5.81. The SMILES string of the molecule is N=CC=C1C=C(c2ccccc2)OC(c2ccccc2)=C1. The first-order chi connectivity index (χ1) is 10.4. The third-order valence-corrected chi connectivity index (χ3v) is 3.21. The van der Waals surface area contributed by atoms with Crippen molar-refractivity contribution in [2.45, 2.75) is 0 Å². The van der Waals surface area contributed by atoms with Crippen LogP contribution in [0.2, 0.25) is 0 Å². The molecule has 1 N–H and O–H groups in total. The van der Waals surface area contributed by atoms with Crippen LogP contribution >= 0.6 is 0 Å². The molecule has 3 rings (SSSR count). The van der Waals surface area contributed by atoms with Gasteiger partial charge in [-0.25, -0.2) is 0 Å². The number of allylic oxidation sites excluding steroid dienone is 4. The zero-order chi connectivity index (χ0) is 14.5. The lowest BCUT2D eigenvalue weighted by Gasteiger charge is -2.18. The molecular formula is C19H15NO. The molecule has 0 amide bonds. The third kappa shape index (κ3) is 3.00. The van der Waals surface area contributed by atoms with E-state index in [0.717, 1.165) is 28.2 Å². The van der Waals surface area contributed by atoms with Crippen LogP contribution in [-0.4, -0.2) is 6.21 Å². The van der Waals surface area contributed by atoms with Crippen molar-refractivity contribution in [3.8, 4) is 0 Å². The molecule has 0 saturated carbocycles. The maximum absolute atomic E-state index is 7.28. The van der Waals surface area contributed by atoms with E-state index in [1.807, 2.05) is 72.8 Å². The highest BCUT2D eigenvalue weighted by atomic mass is 16.5. The molecule has 2 aromatic carbocycles. The van der Waals surface area contributed by atoms with Crippen molar-refractivity contribution in [2.24, 2.45) is 0 Å². The van der Waals surface area contributed by atoms with Gasteiger partial charge in [0.05, 0.1) is 0 Å². The van der Waals surface area contributed by atoms with Gasteiger partial charge < -0.3 is 10.1 Å². The predicted molar refractivity (Wildman–Crippen MR) is 86.8 cm³/mol. The van der Waals surface area contributed by atoms with Crippen molar-refractivity contribution in [1.29, 1.82) is 5.41 Å². The molecule has 0 bridgehead atoms. The molecule has 1 aliphatic heterocycles. The number of ether oxygens (including phenoxy) is 1. The minimum absolute atomic E-state index is 0.796. The molecule has 2 nitrogen and oxygen atoms in total. The first-order valence-corrected chi connectivity index (χ1v) is 6.79. The van der Waals surface area contributed by atoms with Gasteiger partial charge in [-0.15, -0.1) is 0 Å². The van der Waals surface area contributed by atoms with Crippen molar-refractivity contribution in [3.63, 3.8) is 0 Å². The van der Waals surface area contributed by atoms with Crippen LogP contribution in [0.5, 0.6) is 0 Å². The summed E-state index contributed by atoms with van der Waals surface area (Å²) in [5.74, 6) is 1.59. The van der Waals surface area contributed by atoms with Crippen molar-refractivity contribution in [2.75, 3.05) is 0 Å². The van der Waals surface area contributed by atoms with Crippen LogP contribution in [0.15, 0.2) is 84.5 Å².